The molecule has 2 rings (SSSR count). The molecule has 0 fully saturated rings. The molecule has 0 saturated heterocycles. The summed E-state index contributed by atoms with van der Waals surface area (Å²) in [6, 6.07) is 3.51. The summed E-state index contributed by atoms with van der Waals surface area (Å²) in [4.78, 5) is 0. The summed E-state index contributed by atoms with van der Waals surface area (Å²) in [5.41, 5.74) is 1.61. The van der Waals surface area contributed by atoms with E-state index in [2.05, 4.69) is 0 Å². The van der Waals surface area contributed by atoms with E-state index in [1.807, 2.05) is 0 Å². The van der Waals surface area contributed by atoms with Crippen molar-refractivity contribution in [2.45, 2.75) is 19.6 Å². The molecule has 0 aromatic heterocycles. The molecule has 1 atom stereocenters. The zero-order valence-electron chi connectivity index (χ0n) is 7.79. The lowest BCUT2D eigenvalue weighted by Crippen LogP contribution is -2.13. The van der Waals surface area contributed by atoms with Gasteiger partial charge in [-0.25, -0.2) is 0 Å². The molecule has 1 N–H and O–H groups in total. The summed E-state index contributed by atoms with van der Waals surface area (Å²) in [6.45, 7) is 2.40. The van der Waals surface area contributed by atoms with Gasteiger partial charge in [-0.15, -0.1) is 0 Å². The van der Waals surface area contributed by atoms with Crippen LogP contribution in [0.5, 0.6) is 5.75 Å². The Balaban J connectivity index is 2.52. The Morgan fingerprint density at radius 2 is 2.29 bits per heavy atom. The molecule has 0 amide bonds. The normalized spacial score (nSPS) is 17.1. The van der Waals surface area contributed by atoms with Gasteiger partial charge in [0.05, 0.1) is 12.7 Å². The molecule has 1 aromatic rings. The first-order valence-electron chi connectivity index (χ1n) is 4.39. The maximum absolute atomic E-state index is 9.52. The Hall–Kier alpha value is -0.770. The van der Waals surface area contributed by atoms with Crippen molar-refractivity contribution in [1.29, 1.82) is 0 Å². The first-order valence-corrected chi connectivity index (χ1v) is 4.77. The first kappa shape index (κ1) is 9.77. The second-order valence-electron chi connectivity index (χ2n) is 3.27. The second-order valence-corrected chi connectivity index (χ2v) is 3.71. The van der Waals surface area contributed by atoms with Crippen molar-refractivity contribution in [3.05, 3.63) is 28.3 Å². The zero-order chi connectivity index (χ0) is 10.1. The number of aliphatic hydroxyl groups excluding tert-OH is 1. The molecule has 1 unspecified atom stereocenters. The molecule has 0 spiro atoms. The molecular weight excluding hydrogens is 204 g/mol. The van der Waals surface area contributed by atoms with Crippen LogP contribution < -0.4 is 4.74 Å². The maximum atomic E-state index is 9.52. The van der Waals surface area contributed by atoms with Crippen LogP contribution >= 0.6 is 11.6 Å². The Morgan fingerprint density at radius 1 is 1.50 bits per heavy atom. The van der Waals surface area contributed by atoms with Crippen LogP contribution in [0, 0.1) is 0 Å². The SMILES string of the molecule is CC(O)c1cc(Cl)cc2c1OCOC2. The van der Waals surface area contributed by atoms with Crippen LogP contribution in [0.4, 0.5) is 0 Å². The van der Waals surface area contributed by atoms with Crippen LogP contribution in [-0.2, 0) is 11.3 Å². The van der Waals surface area contributed by atoms with Gasteiger partial charge in [-0.05, 0) is 19.1 Å². The van der Waals surface area contributed by atoms with E-state index in [4.69, 9.17) is 21.1 Å². The first-order chi connectivity index (χ1) is 6.68. The van der Waals surface area contributed by atoms with Crippen LogP contribution in [0.1, 0.15) is 24.2 Å². The monoisotopic (exact) mass is 214 g/mol. The molecule has 76 valence electrons. The van der Waals surface area contributed by atoms with Gasteiger partial charge < -0.3 is 14.6 Å². The average Bonchev–Trinajstić information content (AvgIpc) is 2.16. The molecule has 3 nitrogen and oxygen atoms in total. The molecule has 0 aliphatic carbocycles. The Morgan fingerprint density at radius 3 is 3.00 bits per heavy atom. The number of fused-ring (bicyclic) bond motifs is 1. The van der Waals surface area contributed by atoms with Crippen LogP contribution in [0.25, 0.3) is 0 Å². The predicted octanol–water partition coefficient (Wildman–Crippen LogP) is 2.26. The number of hydrogen-bond acceptors (Lipinski definition) is 3. The number of benzene rings is 1. The Kier molecular flexibility index (Phi) is 2.63. The van der Waals surface area contributed by atoms with E-state index in [1.54, 1.807) is 19.1 Å². The number of rotatable bonds is 1. The lowest BCUT2D eigenvalue weighted by molar-refractivity contribution is -0.0183. The van der Waals surface area contributed by atoms with Crippen LogP contribution in [0.3, 0.4) is 0 Å². The van der Waals surface area contributed by atoms with E-state index in [9.17, 15) is 5.11 Å². The quantitative estimate of drug-likeness (QED) is 0.780. The minimum atomic E-state index is -0.583. The van der Waals surface area contributed by atoms with Gasteiger partial charge in [0.15, 0.2) is 6.79 Å². The molecule has 0 radical (unpaired) electrons. The molecule has 14 heavy (non-hydrogen) atoms. The highest BCUT2D eigenvalue weighted by Crippen LogP contribution is 2.34. The van der Waals surface area contributed by atoms with Crippen molar-refractivity contribution in [3.63, 3.8) is 0 Å². The number of aliphatic hydroxyl groups is 1. The summed E-state index contributed by atoms with van der Waals surface area (Å²) in [5.74, 6) is 0.704. The fourth-order valence-corrected chi connectivity index (χ4v) is 1.77. The third-order valence-electron chi connectivity index (χ3n) is 2.15. The molecule has 4 heteroatoms. The standard InChI is InChI=1S/C10H11ClO3/c1-6(12)9-3-8(11)2-7-4-13-5-14-10(7)9/h2-3,6,12H,4-5H2,1H3. The fraction of sp³-hybridized carbons (Fsp3) is 0.400. The Labute approximate surface area is 87.2 Å². The molecular formula is C10H11ClO3. The predicted molar refractivity (Wildman–Crippen MR) is 52.4 cm³/mol. The summed E-state index contributed by atoms with van der Waals surface area (Å²) in [7, 11) is 0. The number of ether oxygens (including phenoxy) is 2. The van der Waals surface area contributed by atoms with Gasteiger partial charge in [0.1, 0.15) is 5.75 Å². The van der Waals surface area contributed by atoms with E-state index in [0.717, 1.165) is 11.1 Å². The smallest absolute Gasteiger partial charge is 0.189 e. The zero-order valence-corrected chi connectivity index (χ0v) is 8.54. The number of hydrogen-bond donors (Lipinski definition) is 1. The molecule has 0 bridgehead atoms. The largest absolute Gasteiger partial charge is 0.467 e. The van der Waals surface area contributed by atoms with Gasteiger partial charge in [-0.1, -0.05) is 11.6 Å². The van der Waals surface area contributed by atoms with E-state index in [-0.39, 0.29) is 6.79 Å². The van der Waals surface area contributed by atoms with Gasteiger partial charge in [-0.3, -0.25) is 0 Å². The average molecular weight is 215 g/mol. The molecule has 1 aliphatic rings. The van der Waals surface area contributed by atoms with Gasteiger partial charge in [0.2, 0.25) is 0 Å². The summed E-state index contributed by atoms with van der Waals surface area (Å²) in [5, 5.41) is 10.1. The minimum absolute atomic E-state index is 0.231. The van der Waals surface area contributed by atoms with E-state index < -0.39 is 6.10 Å². The molecule has 1 aromatic carbocycles. The lowest BCUT2D eigenvalue weighted by Gasteiger charge is -2.22. The van der Waals surface area contributed by atoms with Crippen molar-refractivity contribution in [2.75, 3.05) is 6.79 Å². The minimum Gasteiger partial charge on any atom is -0.467 e. The highest BCUT2D eigenvalue weighted by Gasteiger charge is 2.18. The van der Waals surface area contributed by atoms with E-state index in [0.29, 0.717) is 17.4 Å². The second kappa shape index (κ2) is 3.77. The van der Waals surface area contributed by atoms with Gasteiger partial charge in [0, 0.05) is 16.1 Å². The highest BCUT2D eigenvalue weighted by molar-refractivity contribution is 6.30. The van der Waals surface area contributed by atoms with Crippen molar-refractivity contribution < 1.29 is 14.6 Å². The Bertz CT molecular complexity index is 349. The van der Waals surface area contributed by atoms with Crippen LogP contribution in [-0.4, -0.2) is 11.9 Å². The summed E-state index contributed by atoms with van der Waals surface area (Å²) in [6.07, 6.45) is -0.583. The molecule has 0 saturated carbocycles. The number of halogens is 1. The summed E-state index contributed by atoms with van der Waals surface area (Å²) >= 11 is 5.90. The van der Waals surface area contributed by atoms with Crippen molar-refractivity contribution in [2.24, 2.45) is 0 Å². The van der Waals surface area contributed by atoms with Gasteiger partial charge in [-0.2, -0.15) is 0 Å². The van der Waals surface area contributed by atoms with Crippen LogP contribution in [0.2, 0.25) is 5.02 Å². The maximum Gasteiger partial charge on any atom is 0.189 e. The van der Waals surface area contributed by atoms with Crippen molar-refractivity contribution in [3.8, 4) is 5.75 Å². The van der Waals surface area contributed by atoms with Crippen molar-refractivity contribution in [1.82, 2.24) is 0 Å². The van der Waals surface area contributed by atoms with Crippen LogP contribution in [0.15, 0.2) is 12.1 Å². The topological polar surface area (TPSA) is 38.7 Å². The van der Waals surface area contributed by atoms with Gasteiger partial charge >= 0.3 is 0 Å². The lowest BCUT2D eigenvalue weighted by atomic mass is 10.0. The summed E-state index contributed by atoms with van der Waals surface area (Å²) < 4.78 is 10.5. The third kappa shape index (κ3) is 1.71. The van der Waals surface area contributed by atoms with E-state index >= 15 is 0 Å². The highest BCUT2D eigenvalue weighted by atomic mass is 35.5. The van der Waals surface area contributed by atoms with Crippen molar-refractivity contribution >= 4 is 11.6 Å². The van der Waals surface area contributed by atoms with Gasteiger partial charge in [0.25, 0.3) is 0 Å². The molecule has 1 heterocycles. The molecule has 1 aliphatic heterocycles. The van der Waals surface area contributed by atoms with E-state index in [1.165, 1.54) is 0 Å². The fourth-order valence-electron chi connectivity index (χ4n) is 1.52. The third-order valence-corrected chi connectivity index (χ3v) is 2.37.